The van der Waals surface area contributed by atoms with E-state index in [9.17, 15) is 13.2 Å². The van der Waals surface area contributed by atoms with Crippen molar-refractivity contribution in [3.05, 3.63) is 113 Å². The molecular weight excluding hydrogens is 652 g/mol. The highest BCUT2D eigenvalue weighted by Crippen LogP contribution is 2.32. The number of nitrogens with one attached hydrogen (secondary N) is 1. The molecule has 1 aliphatic rings. The molecule has 2 heterocycles. The van der Waals surface area contributed by atoms with Gasteiger partial charge in [-0.05, 0) is 65.6 Å². The minimum Gasteiger partial charge on any atom is -0.497 e. The molecule has 1 atom stereocenters. The summed E-state index contributed by atoms with van der Waals surface area (Å²) in [7, 11) is -1.00. The number of amides is 1. The number of aromatic nitrogens is 2. The topological polar surface area (TPSA) is 112 Å². The summed E-state index contributed by atoms with van der Waals surface area (Å²) in [4.78, 5) is 13.2. The molecule has 6 rings (SSSR count). The Morgan fingerprint density at radius 2 is 1.62 bits per heavy atom. The lowest BCUT2D eigenvalue weighted by molar-refractivity contribution is -0.115. The van der Waals surface area contributed by atoms with Crippen molar-refractivity contribution < 1.29 is 27.4 Å². The van der Waals surface area contributed by atoms with Crippen molar-refractivity contribution in [3.8, 4) is 11.5 Å². The van der Waals surface area contributed by atoms with E-state index in [0.717, 1.165) is 17.5 Å². The van der Waals surface area contributed by atoms with Crippen molar-refractivity contribution in [2.75, 3.05) is 32.8 Å². The third kappa shape index (κ3) is 7.82. The minimum atomic E-state index is -4.17. The number of carbonyl (C=O) groups excluding carboxylic acids is 1. The monoisotopic (exact) mass is 688 g/mol. The van der Waals surface area contributed by atoms with Gasteiger partial charge >= 0.3 is 0 Å². The second-order valence-electron chi connectivity index (χ2n) is 11.8. The molecule has 0 radical (unpaired) electrons. The summed E-state index contributed by atoms with van der Waals surface area (Å²) in [5.74, 6) is 1.29. The summed E-state index contributed by atoms with van der Waals surface area (Å²) in [6, 6.07) is 24.9. The quantitative estimate of drug-likeness (QED) is 0.154. The summed E-state index contributed by atoms with van der Waals surface area (Å²) >= 11 is 6.31. The fourth-order valence-corrected chi connectivity index (χ4v) is 7.60. The Labute approximate surface area is 285 Å². The van der Waals surface area contributed by atoms with Crippen LogP contribution >= 0.6 is 11.6 Å². The average Bonchev–Trinajstić information content (AvgIpc) is 3.75. The molecule has 1 aromatic heterocycles. The number of halogens is 1. The molecule has 250 valence electrons. The first-order chi connectivity index (χ1) is 23.2. The van der Waals surface area contributed by atoms with Crippen LogP contribution < -0.4 is 14.8 Å². The van der Waals surface area contributed by atoms with E-state index in [1.165, 1.54) is 10.4 Å². The first-order valence-electron chi connectivity index (χ1n) is 15.6. The Morgan fingerprint density at radius 1 is 0.979 bits per heavy atom. The van der Waals surface area contributed by atoms with E-state index in [0.29, 0.717) is 58.4 Å². The third-order valence-electron chi connectivity index (χ3n) is 8.35. The predicted octanol–water partition coefficient (Wildman–Crippen LogP) is 6.32. The van der Waals surface area contributed by atoms with Gasteiger partial charge in [-0.2, -0.15) is 9.40 Å². The van der Waals surface area contributed by atoms with E-state index in [1.54, 1.807) is 73.6 Å². The highest BCUT2D eigenvalue weighted by atomic mass is 35.5. The molecular formula is C36H37ClN4O6S. The van der Waals surface area contributed by atoms with Crippen LogP contribution in [0, 0.1) is 5.92 Å². The number of methoxy groups -OCH3 is 2. The number of carbonyl (C=O) groups is 1. The SMILES string of the molecule is COc1ccc(CN(Cc2ccc(OC)cc2)S(=O)(=O)c2cc(NC(=O)Cc3ccccc3Cl)cc3nn(CC4CCOC4)cc23)cc1. The van der Waals surface area contributed by atoms with Crippen LogP contribution in [0.25, 0.3) is 10.9 Å². The zero-order chi connectivity index (χ0) is 33.7. The number of anilines is 1. The van der Waals surface area contributed by atoms with Gasteiger partial charge in [0.2, 0.25) is 15.9 Å². The van der Waals surface area contributed by atoms with E-state index in [-0.39, 0.29) is 36.2 Å². The molecule has 10 nitrogen and oxygen atoms in total. The van der Waals surface area contributed by atoms with Gasteiger partial charge in [0.15, 0.2) is 0 Å². The fourth-order valence-electron chi connectivity index (χ4n) is 5.77. The minimum absolute atomic E-state index is 0.0248. The van der Waals surface area contributed by atoms with Crippen molar-refractivity contribution in [3.63, 3.8) is 0 Å². The Balaban J connectivity index is 1.40. The third-order valence-corrected chi connectivity index (χ3v) is 10.6. The summed E-state index contributed by atoms with van der Waals surface area (Å²) in [6.45, 7) is 2.09. The van der Waals surface area contributed by atoms with Crippen LogP contribution in [0.1, 0.15) is 23.1 Å². The van der Waals surface area contributed by atoms with Gasteiger partial charge < -0.3 is 19.5 Å². The molecule has 48 heavy (non-hydrogen) atoms. The zero-order valence-corrected chi connectivity index (χ0v) is 28.3. The van der Waals surface area contributed by atoms with Gasteiger partial charge in [-0.3, -0.25) is 9.48 Å². The van der Waals surface area contributed by atoms with Crippen LogP contribution in [0.15, 0.2) is 96.0 Å². The van der Waals surface area contributed by atoms with Gasteiger partial charge in [0, 0.05) is 54.5 Å². The lowest BCUT2D eigenvalue weighted by Gasteiger charge is -2.23. The number of ether oxygens (including phenoxy) is 3. The molecule has 1 fully saturated rings. The molecule has 4 aromatic carbocycles. The molecule has 1 aliphatic heterocycles. The maximum absolute atomic E-state index is 14.8. The van der Waals surface area contributed by atoms with Gasteiger partial charge in [-0.25, -0.2) is 8.42 Å². The summed E-state index contributed by atoms with van der Waals surface area (Å²) in [6.07, 6.45) is 2.70. The number of benzene rings is 4. The van der Waals surface area contributed by atoms with E-state index in [1.807, 2.05) is 30.3 Å². The van der Waals surface area contributed by atoms with Crippen molar-refractivity contribution in [1.29, 1.82) is 0 Å². The number of rotatable bonds is 13. The number of hydrogen-bond acceptors (Lipinski definition) is 7. The summed E-state index contributed by atoms with van der Waals surface area (Å²) in [5, 5.41) is 8.60. The van der Waals surface area contributed by atoms with Crippen molar-refractivity contribution in [2.24, 2.45) is 5.92 Å². The van der Waals surface area contributed by atoms with Crippen LogP contribution in [-0.2, 0) is 45.6 Å². The van der Waals surface area contributed by atoms with Crippen LogP contribution in [0.2, 0.25) is 5.02 Å². The molecule has 1 unspecified atom stereocenters. The predicted molar refractivity (Wildman–Crippen MR) is 185 cm³/mol. The van der Waals surface area contributed by atoms with E-state index >= 15 is 0 Å². The van der Waals surface area contributed by atoms with Crippen molar-refractivity contribution in [1.82, 2.24) is 14.1 Å². The molecule has 1 N–H and O–H groups in total. The van der Waals surface area contributed by atoms with Crippen molar-refractivity contribution in [2.45, 2.75) is 37.4 Å². The molecule has 0 saturated carbocycles. The smallest absolute Gasteiger partial charge is 0.244 e. The van der Waals surface area contributed by atoms with Gasteiger partial charge in [0.25, 0.3) is 0 Å². The van der Waals surface area contributed by atoms with Crippen LogP contribution in [0.4, 0.5) is 5.69 Å². The largest absolute Gasteiger partial charge is 0.497 e. The number of fused-ring (bicyclic) bond motifs is 1. The molecule has 0 spiro atoms. The zero-order valence-electron chi connectivity index (χ0n) is 26.8. The molecule has 1 amide bonds. The highest BCUT2D eigenvalue weighted by molar-refractivity contribution is 7.89. The molecule has 5 aromatic rings. The normalized spacial score (nSPS) is 14.8. The first-order valence-corrected chi connectivity index (χ1v) is 17.4. The molecule has 0 aliphatic carbocycles. The first kappa shape index (κ1) is 33.5. The van der Waals surface area contributed by atoms with Gasteiger partial charge in [0.1, 0.15) is 11.5 Å². The second-order valence-corrected chi connectivity index (χ2v) is 14.1. The lowest BCUT2D eigenvalue weighted by Crippen LogP contribution is -2.30. The van der Waals surface area contributed by atoms with Gasteiger partial charge in [-0.1, -0.05) is 54.1 Å². The molecule has 12 heteroatoms. The Kier molecular flexibility index (Phi) is 10.3. The van der Waals surface area contributed by atoms with Gasteiger partial charge in [0.05, 0.1) is 37.7 Å². The number of hydrogen-bond donors (Lipinski definition) is 1. The van der Waals surface area contributed by atoms with E-state index in [2.05, 4.69) is 5.32 Å². The maximum Gasteiger partial charge on any atom is 0.244 e. The Bertz CT molecular complexity index is 1940. The van der Waals surface area contributed by atoms with Crippen LogP contribution in [-0.4, -0.2) is 55.8 Å². The lowest BCUT2D eigenvalue weighted by atomic mass is 10.1. The average molecular weight is 689 g/mol. The van der Waals surface area contributed by atoms with Gasteiger partial charge in [-0.15, -0.1) is 0 Å². The number of nitrogens with zero attached hydrogens (tertiary/aromatic N) is 3. The Hall–Kier alpha value is -4.42. The standard InChI is InChI=1S/C36H37ClN4O6S/c1-45-30-11-7-25(8-12-30)21-41(22-26-9-13-31(46-2)14-10-26)48(43,44)35-19-29(38-36(42)17-28-5-3-4-6-33(28)37)18-34-32(35)23-40(39-34)20-27-15-16-47-24-27/h3-14,18-19,23,27H,15-17,20-22,24H2,1-2H3,(H,38,42). The highest BCUT2D eigenvalue weighted by Gasteiger charge is 2.29. The van der Waals surface area contributed by atoms with Crippen LogP contribution in [0.3, 0.4) is 0 Å². The van der Waals surface area contributed by atoms with E-state index < -0.39 is 10.0 Å². The van der Waals surface area contributed by atoms with E-state index in [4.69, 9.17) is 30.9 Å². The Morgan fingerprint density at radius 3 is 2.21 bits per heavy atom. The maximum atomic E-state index is 14.8. The summed E-state index contributed by atoms with van der Waals surface area (Å²) in [5.41, 5.74) is 3.01. The molecule has 1 saturated heterocycles. The number of sulfonamides is 1. The summed E-state index contributed by atoms with van der Waals surface area (Å²) < 4.78 is 49.0. The molecule has 0 bridgehead atoms. The fraction of sp³-hybridized carbons (Fsp3) is 0.278. The van der Waals surface area contributed by atoms with Crippen LogP contribution in [0.5, 0.6) is 11.5 Å². The van der Waals surface area contributed by atoms with Crippen molar-refractivity contribution >= 4 is 44.1 Å². The second kappa shape index (κ2) is 14.8.